The van der Waals surface area contributed by atoms with E-state index in [0.717, 1.165) is 5.82 Å². The molecule has 0 fully saturated rings. The van der Waals surface area contributed by atoms with Gasteiger partial charge in [-0.15, -0.1) is 0 Å². The molecule has 0 amide bonds. The maximum atomic E-state index is 4.26. The Bertz CT molecular complexity index is 403. The van der Waals surface area contributed by atoms with Crippen molar-refractivity contribution in [2.45, 2.75) is 19.8 Å². The maximum Gasteiger partial charge on any atom is 0.153 e. The number of rotatable bonds is 2. The van der Waals surface area contributed by atoms with Gasteiger partial charge in [0.1, 0.15) is 0 Å². The Morgan fingerprint density at radius 3 is 2.71 bits per heavy atom. The van der Waals surface area contributed by atoms with Gasteiger partial charge in [0, 0.05) is 12.4 Å². The summed E-state index contributed by atoms with van der Waals surface area (Å²) in [5.74, 6) is 1.37. The smallest absolute Gasteiger partial charge is 0.153 e. The van der Waals surface area contributed by atoms with Gasteiger partial charge in [-0.05, 0) is 23.6 Å². The van der Waals surface area contributed by atoms with Crippen LogP contribution in [0.15, 0.2) is 36.8 Å². The Morgan fingerprint density at radius 2 is 2.14 bits per heavy atom. The minimum absolute atomic E-state index is 0.507. The van der Waals surface area contributed by atoms with Gasteiger partial charge in [0.25, 0.3) is 0 Å². The van der Waals surface area contributed by atoms with E-state index in [0.29, 0.717) is 5.92 Å². The zero-order valence-electron chi connectivity index (χ0n) is 8.38. The number of hydrogen-bond donors (Lipinski definition) is 0. The van der Waals surface area contributed by atoms with Crippen molar-refractivity contribution in [3.63, 3.8) is 0 Å². The van der Waals surface area contributed by atoms with Crippen LogP contribution in [-0.4, -0.2) is 14.8 Å². The molecule has 3 nitrogen and oxygen atoms in total. The van der Waals surface area contributed by atoms with E-state index in [1.807, 2.05) is 30.6 Å². The molecule has 3 heteroatoms. The van der Waals surface area contributed by atoms with E-state index < -0.39 is 0 Å². The van der Waals surface area contributed by atoms with Gasteiger partial charge in [0.05, 0.1) is 6.20 Å². The molecule has 0 spiro atoms. The lowest BCUT2D eigenvalue weighted by Gasteiger charge is -1.99. The molecule has 14 heavy (non-hydrogen) atoms. The van der Waals surface area contributed by atoms with Crippen LogP contribution in [0.25, 0.3) is 5.82 Å². The fourth-order valence-electron chi connectivity index (χ4n) is 1.25. The summed E-state index contributed by atoms with van der Waals surface area (Å²) in [6.07, 6.45) is 5.68. The molecule has 0 radical (unpaired) electrons. The van der Waals surface area contributed by atoms with Crippen LogP contribution >= 0.6 is 0 Å². The van der Waals surface area contributed by atoms with Crippen molar-refractivity contribution in [1.29, 1.82) is 0 Å². The molecule has 0 bridgehead atoms. The van der Waals surface area contributed by atoms with Crippen molar-refractivity contribution in [3.05, 3.63) is 42.4 Å². The largest absolute Gasteiger partial charge is 0.237 e. The molecular weight excluding hydrogens is 174 g/mol. The first-order valence-electron chi connectivity index (χ1n) is 4.73. The Hall–Kier alpha value is -1.64. The fourth-order valence-corrected chi connectivity index (χ4v) is 1.25. The molecule has 2 aromatic heterocycles. The zero-order chi connectivity index (χ0) is 9.97. The molecule has 2 aromatic rings. The predicted octanol–water partition coefficient (Wildman–Crippen LogP) is 2.39. The lowest BCUT2D eigenvalue weighted by Crippen LogP contribution is -1.96. The van der Waals surface area contributed by atoms with Crippen molar-refractivity contribution in [2.24, 2.45) is 0 Å². The molecule has 0 aliphatic rings. The van der Waals surface area contributed by atoms with Gasteiger partial charge in [-0.1, -0.05) is 19.9 Å². The summed E-state index contributed by atoms with van der Waals surface area (Å²) in [4.78, 5) is 4.22. The molecule has 0 atom stereocenters. The highest BCUT2D eigenvalue weighted by Gasteiger charge is 2.03. The fraction of sp³-hybridized carbons (Fsp3) is 0.273. The number of aromatic nitrogens is 3. The minimum atomic E-state index is 0.507. The van der Waals surface area contributed by atoms with E-state index in [1.165, 1.54) is 5.56 Å². The van der Waals surface area contributed by atoms with Gasteiger partial charge in [0.15, 0.2) is 5.82 Å². The van der Waals surface area contributed by atoms with E-state index in [1.54, 1.807) is 10.9 Å². The normalized spacial score (nSPS) is 10.8. The first-order chi connectivity index (χ1) is 6.77. The maximum absolute atomic E-state index is 4.26. The highest BCUT2D eigenvalue weighted by atomic mass is 15.3. The second-order valence-corrected chi connectivity index (χ2v) is 3.56. The summed E-state index contributed by atoms with van der Waals surface area (Å²) >= 11 is 0. The van der Waals surface area contributed by atoms with Crippen LogP contribution in [0.3, 0.4) is 0 Å². The molecule has 0 saturated carbocycles. The van der Waals surface area contributed by atoms with E-state index in [4.69, 9.17) is 0 Å². The Balaban J connectivity index is 2.34. The van der Waals surface area contributed by atoms with E-state index in [9.17, 15) is 0 Å². The summed E-state index contributed by atoms with van der Waals surface area (Å²) in [5, 5.41) is 4.26. The topological polar surface area (TPSA) is 30.7 Å². The molecule has 72 valence electrons. The summed E-state index contributed by atoms with van der Waals surface area (Å²) in [6, 6.07) is 5.80. The lowest BCUT2D eigenvalue weighted by atomic mass is 10.1. The first kappa shape index (κ1) is 8.94. The van der Waals surface area contributed by atoms with Gasteiger partial charge in [-0.2, -0.15) is 5.10 Å². The quantitative estimate of drug-likeness (QED) is 0.722. The second kappa shape index (κ2) is 3.62. The van der Waals surface area contributed by atoms with Crippen molar-refractivity contribution in [3.8, 4) is 5.82 Å². The SMILES string of the molecule is CC(C)c1cnn(-c2ccccn2)c1. The van der Waals surface area contributed by atoms with Crippen molar-refractivity contribution < 1.29 is 0 Å². The van der Waals surface area contributed by atoms with Crippen LogP contribution in [0.5, 0.6) is 0 Å². The van der Waals surface area contributed by atoms with Gasteiger partial charge in [-0.3, -0.25) is 0 Å². The number of pyridine rings is 1. The molecule has 0 saturated heterocycles. The third-order valence-corrected chi connectivity index (χ3v) is 2.15. The average molecular weight is 187 g/mol. The summed E-state index contributed by atoms with van der Waals surface area (Å²) in [7, 11) is 0. The van der Waals surface area contributed by atoms with Gasteiger partial charge in [0.2, 0.25) is 0 Å². The third kappa shape index (κ3) is 1.66. The van der Waals surface area contributed by atoms with Crippen LogP contribution in [0.1, 0.15) is 25.3 Å². The average Bonchev–Trinajstić information content (AvgIpc) is 2.68. The van der Waals surface area contributed by atoms with Gasteiger partial charge in [-0.25, -0.2) is 9.67 Å². The van der Waals surface area contributed by atoms with Crippen molar-refractivity contribution >= 4 is 0 Å². The molecule has 0 aromatic carbocycles. The standard InChI is InChI=1S/C11H13N3/c1-9(2)10-7-13-14(8-10)11-5-3-4-6-12-11/h3-9H,1-2H3. The molecule has 2 heterocycles. The Morgan fingerprint density at radius 1 is 1.29 bits per heavy atom. The van der Waals surface area contributed by atoms with E-state index in [2.05, 4.69) is 23.9 Å². The molecule has 0 unspecified atom stereocenters. The highest BCUT2D eigenvalue weighted by Crippen LogP contribution is 2.13. The van der Waals surface area contributed by atoms with Crippen LogP contribution < -0.4 is 0 Å². The van der Waals surface area contributed by atoms with E-state index >= 15 is 0 Å². The van der Waals surface area contributed by atoms with Gasteiger partial charge >= 0.3 is 0 Å². The Kier molecular flexibility index (Phi) is 2.31. The molecule has 0 aliphatic carbocycles. The first-order valence-corrected chi connectivity index (χ1v) is 4.73. The number of nitrogens with zero attached hydrogens (tertiary/aromatic N) is 3. The molecular formula is C11H13N3. The molecule has 0 N–H and O–H groups in total. The minimum Gasteiger partial charge on any atom is -0.237 e. The summed E-state index contributed by atoms with van der Waals surface area (Å²) in [5.41, 5.74) is 1.23. The molecule has 0 aliphatic heterocycles. The monoisotopic (exact) mass is 187 g/mol. The predicted molar refractivity (Wildman–Crippen MR) is 55.4 cm³/mol. The number of hydrogen-bond acceptors (Lipinski definition) is 2. The van der Waals surface area contributed by atoms with Crippen LogP contribution in [0.2, 0.25) is 0 Å². The van der Waals surface area contributed by atoms with Crippen molar-refractivity contribution in [2.75, 3.05) is 0 Å². The Labute approximate surface area is 83.4 Å². The van der Waals surface area contributed by atoms with Crippen LogP contribution in [0.4, 0.5) is 0 Å². The van der Waals surface area contributed by atoms with Crippen molar-refractivity contribution in [1.82, 2.24) is 14.8 Å². The van der Waals surface area contributed by atoms with E-state index in [-0.39, 0.29) is 0 Å². The van der Waals surface area contributed by atoms with Crippen LogP contribution in [-0.2, 0) is 0 Å². The van der Waals surface area contributed by atoms with Gasteiger partial charge < -0.3 is 0 Å². The molecule has 2 rings (SSSR count). The van der Waals surface area contributed by atoms with Crippen LogP contribution in [0, 0.1) is 0 Å². The zero-order valence-corrected chi connectivity index (χ0v) is 8.38. The second-order valence-electron chi connectivity index (χ2n) is 3.56. The lowest BCUT2D eigenvalue weighted by molar-refractivity contribution is 0.839. The highest BCUT2D eigenvalue weighted by molar-refractivity contribution is 5.22. The summed E-state index contributed by atoms with van der Waals surface area (Å²) < 4.78 is 1.80. The summed E-state index contributed by atoms with van der Waals surface area (Å²) in [6.45, 7) is 4.31. The third-order valence-electron chi connectivity index (χ3n) is 2.15.